The lowest BCUT2D eigenvalue weighted by Crippen LogP contribution is -2.40. The van der Waals surface area contributed by atoms with Crippen LogP contribution in [-0.2, 0) is 12.6 Å². The standard InChI is InChI=1S/C20H16F3N5O/c21-20(22,23)14-4-1-3-13(9-14)17(24)12-27-8-6-18-16(19(27)29)11-28(26-18)15-5-2-7-25-10-15/h1-5,7,9-11,24H,6,8,12H2. The Hall–Kier alpha value is -3.49. The number of fused-ring (bicyclic) bond motifs is 1. The molecule has 6 nitrogen and oxygen atoms in total. The predicted molar refractivity (Wildman–Crippen MR) is 99.2 cm³/mol. The van der Waals surface area contributed by atoms with Crippen molar-refractivity contribution in [3.05, 3.63) is 77.4 Å². The van der Waals surface area contributed by atoms with Crippen LogP contribution < -0.4 is 0 Å². The third kappa shape index (κ3) is 3.75. The van der Waals surface area contributed by atoms with Crippen LogP contribution in [0, 0.1) is 5.41 Å². The molecule has 4 rings (SSSR count). The molecule has 29 heavy (non-hydrogen) atoms. The highest BCUT2D eigenvalue weighted by Crippen LogP contribution is 2.29. The van der Waals surface area contributed by atoms with Gasteiger partial charge in [-0.25, -0.2) is 4.68 Å². The number of hydrogen-bond acceptors (Lipinski definition) is 4. The maximum Gasteiger partial charge on any atom is 0.416 e. The molecule has 0 radical (unpaired) electrons. The number of alkyl halides is 3. The van der Waals surface area contributed by atoms with Crippen LogP contribution in [0.1, 0.15) is 27.2 Å². The van der Waals surface area contributed by atoms with Crippen molar-refractivity contribution in [2.24, 2.45) is 0 Å². The van der Waals surface area contributed by atoms with Gasteiger partial charge in [0.25, 0.3) is 5.91 Å². The lowest BCUT2D eigenvalue weighted by Gasteiger charge is -2.26. The topological polar surface area (TPSA) is 74.9 Å². The van der Waals surface area contributed by atoms with E-state index >= 15 is 0 Å². The Labute approximate surface area is 164 Å². The lowest BCUT2D eigenvalue weighted by atomic mass is 10.0. The van der Waals surface area contributed by atoms with Crippen LogP contribution in [0.4, 0.5) is 13.2 Å². The summed E-state index contributed by atoms with van der Waals surface area (Å²) in [6, 6.07) is 8.18. The Balaban J connectivity index is 1.53. The quantitative estimate of drug-likeness (QED) is 0.684. The molecule has 0 saturated heterocycles. The number of nitrogens with one attached hydrogen (secondary N) is 1. The summed E-state index contributed by atoms with van der Waals surface area (Å²) in [7, 11) is 0. The Kier molecular flexibility index (Phi) is 4.65. The van der Waals surface area contributed by atoms with Crippen LogP contribution in [-0.4, -0.2) is 44.4 Å². The number of carbonyl (C=O) groups is 1. The fourth-order valence-electron chi connectivity index (χ4n) is 3.22. The summed E-state index contributed by atoms with van der Waals surface area (Å²) in [5.74, 6) is -0.293. The van der Waals surface area contributed by atoms with E-state index in [1.165, 1.54) is 17.0 Å². The Morgan fingerprint density at radius 1 is 1.21 bits per heavy atom. The smallest absolute Gasteiger partial charge is 0.332 e. The van der Waals surface area contributed by atoms with Crippen molar-refractivity contribution >= 4 is 11.6 Å². The van der Waals surface area contributed by atoms with Crippen LogP contribution in [0.2, 0.25) is 0 Å². The zero-order valence-electron chi connectivity index (χ0n) is 15.1. The first-order valence-electron chi connectivity index (χ1n) is 8.86. The molecule has 0 spiro atoms. The van der Waals surface area contributed by atoms with Gasteiger partial charge in [-0.1, -0.05) is 12.1 Å². The Morgan fingerprint density at radius 3 is 2.76 bits per heavy atom. The predicted octanol–water partition coefficient (Wildman–Crippen LogP) is 3.35. The highest BCUT2D eigenvalue weighted by molar-refractivity contribution is 6.04. The van der Waals surface area contributed by atoms with Crippen LogP contribution in [0.15, 0.2) is 55.0 Å². The summed E-state index contributed by atoms with van der Waals surface area (Å²) >= 11 is 0. The van der Waals surface area contributed by atoms with Crippen molar-refractivity contribution in [2.75, 3.05) is 13.1 Å². The fraction of sp³-hybridized carbons (Fsp3) is 0.200. The van der Waals surface area contributed by atoms with Gasteiger partial charge in [0.2, 0.25) is 0 Å². The molecule has 1 aliphatic rings. The number of aromatic nitrogens is 3. The van der Waals surface area contributed by atoms with E-state index in [4.69, 9.17) is 5.41 Å². The minimum Gasteiger partial charge on any atom is -0.332 e. The van der Waals surface area contributed by atoms with E-state index in [1.807, 2.05) is 6.07 Å². The van der Waals surface area contributed by atoms with Gasteiger partial charge in [-0.3, -0.25) is 9.78 Å². The number of hydrogen-bond donors (Lipinski definition) is 1. The van der Waals surface area contributed by atoms with Crippen molar-refractivity contribution in [3.63, 3.8) is 0 Å². The molecule has 1 N–H and O–H groups in total. The van der Waals surface area contributed by atoms with Gasteiger partial charge >= 0.3 is 6.18 Å². The summed E-state index contributed by atoms with van der Waals surface area (Å²) in [5, 5.41) is 12.6. The van der Waals surface area contributed by atoms with E-state index in [1.54, 1.807) is 29.3 Å². The highest BCUT2D eigenvalue weighted by atomic mass is 19.4. The molecule has 3 heterocycles. The van der Waals surface area contributed by atoms with Gasteiger partial charge in [0.1, 0.15) is 0 Å². The van der Waals surface area contributed by atoms with Gasteiger partial charge in [0, 0.05) is 25.4 Å². The molecular weight excluding hydrogens is 383 g/mol. The van der Waals surface area contributed by atoms with Gasteiger partial charge in [0.05, 0.1) is 41.0 Å². The molecule has 0 atom stereocenters. The molecule has 0 aliphatic carbocycles. The van der Waals surface area contributed by atoms with Gasteiger partial charge in [-0.15, -0.1) is 0 Å². The normalized spacial score (nSPS) is 14.0. The monoisotopic (exact) mass is 399 g/mol. The van der Waals surface area contributed by atoms with Crippen molar-refractivity contribution < 1.29 is 18.0 Å². The second-order valence-electron chi connectivity index (χ2n) is 6.68. The molecule has 1 amide bonds. The van der Waals surface area contributed by atoms with Crippen LogP contribution in [0.5, 0.6) is 0 Å². The average Bonchev–Trinajstić information content (AvgIpc) is 3.15. The fourth-order valence-corrected chi connectivity index (χ4v) is 3.22. The number of nitrogens with zero attached hydrogens (tertiary/aromatic N) is 4. The van der Waals surface area contributed by atoms with Gasteiger partial charge in [-0.2, -0.15) is 18.3 Å². The van der Waals surface area contributed by atoms with E-state index in [0.29, 0.717) is 24.2 Å². The lowest BCUT2D eigenvalue weighted by molar-refractivity contribution is -0.137. The van der Waals surface area contributed by atoms with Crippen molar-refractivity contribution in [1.82, 2.24) is 19.7 Å². The molecule has 9 heteroatoms. The number of halogens is 3. The first-order chi connectivity index (χ1) is 13.8. The SMILES string of the molecule is N=C(CN1CCc2nn(-c3cccnc3)cc2C1=O)c1cccc(C(F)(F)F)c1. The molecule has 148 valence electrons. The first kappa shape index (κ1) is 18.9. The second-order valence-corrected chi connectivity index (χ2v) is 6.68. The van der Waals surface area contributed by atoms with E-state index in [2.05, 4.69) is 10.1 Å². The first-order valence-corrected chi connectivity index (χ1v) is 8.86. The number of benzene rings is 1. The largest absolute Gasteiger partial charge is 0.416 e. The minimum absolute atomic E-state index is 0.0486. The maximum atomic E-state index is 12.9. The summed E-state index contributed by atoms with van der Waals surface area (Å²) < 4.78 is 40.3. The average molecular weight is 399 g/mol. The number of carbonyl (C=O) groups excluding carboxylic acids is 1. The van der Waals surface area contributed by atoms with E-state index in [-0.39, 0.29) is 23.7 Å². The van der Waals surface area contributed by atoms with E-state index in [0.717, 1.165) is 17.8 Å². The summed E-state index contributed by atoms with van der Waals surface area (Å²) in [6.45, 7) is 0.273. The zero-order chi connectivity index (χ0) is 20.6. The number of amides is 1. The summed E-state index contributed by atoms with van der Waals surface area (Å²) in [5.41, 5.74) is 1.08. The van der Waals surface area contributed by atoms with Crippen LogP contribution >= 0.6 is 0 Å². The molecule has 0 bridgehead atoms. The van der Waals surface area contributed by atoms with Crippen molar-refractivity contribution in [2.45, 2.75) is 12.6 Å². The highest BCUT2D eigenvalue weighted by Gasteiger charge is 2.31. The summed E-state index contributed by atoms with van der Waals surface area (Å²) in [4.78, 5) is 18.3. The molecule has 1 aromatic carbocycles. The summed E-state index contributed by atoms with van der Waals surface area (Å²) in [6.07, 6.45) is 0.912. The molecular formula is C20H16F3N5O. The molecule has 1 aliphatic heterocycles. The molecule has 0 unspecified atom stereocenters. The third-order valence-corrected chi connectivity index (χ3v) is 4.72. The van der Waals surface area contributed by atoms with Crippen LogP contribution in [0.3, 0.4) is 0 Å². The molecule has 0 fully saturated rings. The van der Waals surface area contributed by atoms with Gasteiger partial charge < -0.3 is 10.3 Å². The third-order valence-electron chi connectivity index (χ3n) is 4.72. The Bertz CT molecular complexity index is 1080. The van der Waals surface area contributed by atoms with Crippen LogP contribution in [0.25, 0.3) is 5.69 Å². The van der Waals surface area contributed by atoms with Gasteiger partial charge in [-0.05, 0) is 29.8 Å². The van der Waals surface area contributed by atoms with Crippen molar-refractivity contribution in [3.8, 4) is 5.69 Å². The number of pyridine rings is 1. The maximum absolute atomic E-state index is 12.9. The zero-order valence-corrected chi connectivity index (χ0v) is 15.1. The van der Waals surface area contributed by atoms with Crippen molar-refractivity contribution in [1.29, 1.82) is 5.41 Å². The number of rotatable bonds is 4. The minimum atomic E-state index is -4.48. The van der Waals surface area contributed by atoms with E-state index in [9.17, 15) is 18.0 Å². The molecule has 0 saturated carbocycles. The van der Waals surface area contributed by atoms with E-state index < -0.39 is 11.7 Å². The molecule has 2 aromatic heterocycles. The van der Waals surface area contributed by atoms with Gasteiger partial charge in [0.15, 0.2) is 0 Å². The second kappa shape index (κ2) is 7.16. The Morgan fingerprint density at radius 2 is 2.03 bits per heavy atom. The molecule has 3 aromatic rings.